The number of carbonyl (C=O) groups excluding carboxylic acids is 1. The van der Waals surface area contributed by atoms with E-state index in [1.807, 2.05) is 68.4 Å². The fourth-order valence-electron chi connectivity index (χ4n) is 2.99. The van der Waals surface area contributed by atoms with Crippen LogP contribution in [-0.2, 0) is 0 Å². The minimum atomic E-state index is -0.386. The lowest BCUT2D eigenvalue weighted by Gasteiger charge is -2.08. The van der Waals surface area contributed by atoms with Crippen LogP contribution in [0.2, 0.25) is 5.02 Å². The standard InChI is InChI=1S/C23H18BrClN4O/c1-14-4-3-5-16(12-14)22-27-21(23(30)26-18-9-7-17(24)8-10-18)28-29(22)19-11-6-15(2)20(25)13-19/h3-13H,1-2H3,(H,26,30). The summed E-state index contributed by atoms with van der Waals surface area (Å²) in [6.45, 7) is 3.94. The van der Waals surface area contributed by atoms with E-state index in [9.17, 15) is 4.79 Å². The maximum atomic E-state index is 12.8. The molecule has 1 heterocycles. The van der Waals surface area contributed by atoms with Crippen LogP contribution in [0.4, 0.5) is 5.69 Å². The van der Waals surface area contributed by atoms with Gasteiger partial charge in [0, 0.05) is 20.7 Å². The van der Waals surface area contributed by atoms with Gasteiger partial charge in [-0.1, -0.05) is 57.4 Å². The van der Waals surface area contributed by atoms with Crippen molar-refractivity contribution in [3.63, 3.8) is 0 Å². The third kappa shape index (κ3) is 4.30. The molecule has 0 aliphatic carbocycles. The lowest BCUT2D eigenvalue weighted by molar-refractivity contribution is 0.101. The molecule has 1 N–H and O–H groups in total. The number of rotatable bonds is 4. The first kappa shape index (κ1) is 20.3. The first-order valence-electron chi connectivity index (χ1n) is 9.28. The molecule has 0 bridgehead atoms. The van der Waals surface area contributed by atoms with Gasteiger partial charge >= 0.3 is 0 Å². The van der Waals surface area contributed by atoms with Gasteiger partial charge in [-0.15, -0.1) is 5.10 Å². The van der Waals surface area contributed by atoms with E-state index in [1.54, 1.807) is 16.8 Å². The van der Waals surface area contributed by atoms with E-state index in [4.69, 9.17) is 11.6 Å². The van der Waals surface area contributed by atoms with Crippen LogP contribution in [0.1, 0.15) is 21.7 Å². The SMILES string of the molecule is Cc1cccc(-c2nc(C(=O)Nc3ccc(Br)cc3)nn2-c2ccc(C)c(Cl)c2)c1. The molecule has 1 amide bonds. The van der Waals surface area contributed by atoms with Gasteiger partial charge in [-0.05, 0) is 61.9 Å². The zero-order valence-corrected chi connectivity index (χ0v) is 18.7. The number of hydrogen-bond donors (Lipinski definition) is 1. The number of benzene rings is 3. The molecule has 0 saturated carbocycles. The molecule has 0 radical (unpaired) electrons. The molecule has 0 atom stereocenters. The van der Waals surface area contributed by atoms with E-state index in [1.165, 1.54) is 0 Å². The molecule has 5 nitrogen and oxygen atoms in total. The second-order valence-electron chi connectivity index (χ2n) is 6.93. The van der Waals surface area contributed by atoms with E-state index < -0.39 is 0 Å². The Balaban J connectivity index is 1.77. The Kier molecular flexibility index (Phi) is 5.70. The number of aromatic nitrogens is 3. The van der Waals surface area contributed by atoms with Crippen molar-refractivity contribution in [1.82, 2.24) is 14.8 Å². The molecular weight excluding hydrogens is 464 g/mol. The molecule has 4 aromatic rings. The first-order valence-corrected chi connectivity index (χ1v) is 10.5. The molecule has 30 heavy (non-hydrogen) atoms. The summed E-state index contributed by atoms with van der Waals surface area (Å²) < 4.78 is 2.58. The smallest absolute Gasteiger partial charge is 0.295 e. The van der Waals surface area contributed by atoms with Crippen molar-refractivity contribution < 1.29 is 4.79 Å². The van der Waals surface area contributed by atoms with Crippen LogP contribution in [0, 0.1) is 13.8 Å². The minimum Gasteiger partial charge on any atom is -0.319 e. The van der Waals surface area contributed by atoms with Crippen LogP contribution in [0.15, 0.2) is 71.2 Å². The average Bonchev–Trinajstić information content (AvgIpc) is 3.17. The van der Waals surface area contributed by atoms with Crippen LogP contribution in [-0.4, -0.2) is 20.7 Å². The molecule has 3 aromatic carbocycles. The van der Waals surface area contributed by atoms with E-state index in [0.29, 0.717) is 16.5 Å². The van der Waals surface area contributed by atoms with Crippen molar-refractivity contribution in [2.24, 2.45) is 0 Å². The first-order chi connectivity index (χ1) is 14.4. The zero-order chi connectivity index (χ0) is 21.3. The van der Waals surface area contributed by atoms with E-state index in [2.05, 4.69) is 31.3 Å². The highest BCUT2D eigenvalue weighted by molar-refractivity contribution is 9.10. The van der Waals surface area contributed by atoms with Crippen molar-refractivity contribution in [2.75, 3.05) is 5.32 Å². The summed E-state index contributed by atoms with van der Waals surface area (Å²) in [5.74, 6) is 0.258. The van der Waals surface area contributed by atoms with Crippen LogP contribution in [0.5, 0.6) is 0 Å². The van der Waals surface area contributed by atoms with Gasteiger partial charge in [0.05, 0.1) is 5.69 Å². The Bertz CT molecular complexity index is 1230. The topological polar surface area (TPSA) is 59.8 Å². The molecule has 0 aliphatic heterocycles. The predicted molar refractivity (Wildman–Crippen MR) is 123 cm³/mol. The van der Waals surface area contributed by atoms with Crippen molar-refractivity contribution in [1.29, 1.82) is 0 Å². The summed E-state index contributed by atoms with van der Waals surface area (Å²) in [6, 6.07) is 20.9. The third-order valence-corrected chi connectivity index (χ3v) is 5.52. The quantitative estimate of drug-likeness (QED) is 0.376. The van der Waals surface area contributed by atoms with Gasteiger partial charge in [0.25, 0.3) is 5.91 Å². The molecule has 0 saturated heterocycles. The normalized spacial score (nSPS) is 10.8. The monoisotopic (exact) mass is 480 g/mol. The number of amides is 1. The average molecular weight is 482 g/mol. The second-order valence-corrected chi connectivity index (χ2v) is 8.26. The van der Waals surface area contributed by atoms with Gasteiger partial charge in [0.2, 0.25) is 5.82 Å². The van der Waals surface area contributed by atoms with E-state index in [-0.39, 0.29) is 11.7 Å². The van der Waals surface area contributed by atoms with Crippen molar-refractivity contribution in [2.45, 2.75) is 13.8 Å². The summed E-state index contributed by atoms with van der Waals surface area (Å²) in [5, 5.41) is 7.96. The number of nitrogens with one attached hydrogen (secondary N) is 1. The summed E-state index contributed by atoms with van der Waals surface area (Å²) in [5.41, 5.74) is 4.31. The van der Waals surface area contributed by atoms with Gasteiger partial charge in [-0.3, -0.25) is 4.79 Å². The largest absolute Gasteiger partial charge is 0.319 e. The maximum Gasteiger partial charge on any atom is 0.295 e. The van der Waals surface area contributed by atoms with Crippen molar-refractivity contribution in [3.8, 4) is 17.1 Å². The Morgan fingerprint density at radius 1 is 1.03 bits per heavy atom. The Labute approximate surface area is 187 Å². The lowest BCUT2D eigenvalue weighted by Crippen LogP contribution is -2.14. The number of anilines is 1. The van der Waals surface area contributed by atoms with Gasteiger partial charge < -0.3 is 5.32 Å². The summed E-state index contributed by atoms with van der Waals surface area (Å²) in [4.78, 5) is 17.4. The molecule has 1 aromatic heterocycles. The van der Waals surface area contributed by atoms with Gasteiger partial charge in [-0.2, -0.15) is 0 Å². The highest BCUT2D eigenvalue weighted by Crippen LogP contribution is 2.25. The Morgan fingerprint density at radius 3 is 2.50 bits per heavy atom. The number of aryl methyl sites for hydroxylation is 2. The lowest BCUT2D eigenvalue weighted by atomic mass is 10.1. The predicted octanol–water partition coefficient (Wildman–Crippen LogP) is 6.22. The fraction of sp³-hybridized carbons (Fsp3) is 0.0870. The summed E-state index contributed by atoms with van der Waals surface area (Å²) >= 11 is 9.72. The van der Waals surface area contributed by atoms with Gasteiger partial charge in [0.1, 0.15) is 0 Å². The highest BCUT2D eigenvalue weighted by atomic mass is 79.9. The molecule has 0 spiro atoms. The third-order valence-electron chi connectivity index (χ3n) is 4.59. The van der Waals surface area contributed by atoms with Crippen LogP contribution in [0.25, 0.3) is 17.1 Å². The van der Waals surface area contributed by atoms with Gasteiger partial charge in [0.15, 0.2) is 5.82 Å². The number of carbonyl (C=O) groups is 1. The van der Waals surface area contributed by atoms with Crippen molar-refractivity contribution >= 4 is 39.1 Å². The molecule has 0 fully saturated rings. The molecule has 0 aliphatic rings. The maximum absolute atomic E-state index is 12.8. The highest BCUT2D eigenvalue weighted by Gasteiger charge is 2.19. The van der Waals surface area contributed by atoms with E-state index in [0.717, 1.165) is 26.9 Å². The van der Waals surface area contributed by atoms with Crippen LogP contribution < -0.4 is 5.32 Å². The van der Waals surface area contributed by atoms with Crippen LogP contribution in [0.3, 0.4) is 0 Å². The number of halogens is 2. The van der Waals surface area contributed by atoms with Crippen LogP contribution >= 0.6 is 27.5 Å². The van der Waals surface area contributed by atoms with Crippen molar-refractivity contribution in [3.05, 3.63) is 93.2 Å². The number of nitrogens with zero attached hydrogens (tertiary/aromatic N) is 3. The van der Waals surface area contributed by atoms with Gasteiger partial charge in [-0.25, -0.2) is 9.67 Å². The minimum absolute atomic E-state index is 0.0751. The summed E-state index contributed by atoms with van der Waals surface area (Å²) in [6.07, 6.45) is 0. The van der Waals surface area contributed by atoms with E-state index >= 15 is 0 Å². The molecule has 0 unspecified atom stereocenters. The Morgan fingerprint density at radius 2 is 1.80 bits per heavy atom. The Hall–Kier alpha value is -2.96. The molecule has 150 valence electrons. The molecule has 4 rings (SSSR count). The molecule has 7 heteroatoms. The zero-order valence-electron chi connectivity index (χ0n) is 16.4. The number of hydrogen-bond acceptors (Lipinski definition) is 3. The fourth-order valence-corrected chi connectivity index (χ4v) is 3.43. The second kappa shape index (κ2) is 8.42. The summed E-state index contributed by atoms with van der Waals surface area (Å²) in [7, 11) is 0. The molecular formula is C23H18BrClN4O.